The zero-order chi connectivity index (χ0) is 12.3. The lowest BCUT2D eigenvalue weighted by atomic mass is 9.96. The Labute approximate surface area is 91.6 Å². The minimum atomic E-state index is -4.51. The summed E-state index contributed by atoms with van der Waals surface area (Å²) in [6.07, 6.45) is -3.22. The predicted molar refractivity (Wildman–Crippen MR) is 56.2 cm³/mol. The number of hydrogen-bond donors (Lipinski definition) is 0. The van der Waals surface area contributed by atoms with Gasteiger partial charge in [0.1, 0.15) is 0 Å². The molecule has 86 valence electrons. The van der Waals surface area contributed by atoms with Gasteiger partial charge in [0.2, 0.25) is 0 Å². The van der Waals surface area contributed by atoms with Gasteiger partial charge >= 0.3 is 6.18 Å². The van der Waals surface area contributed by atoms with Gasteiger partial charge in [0.15, 0.2) is 5.78 Å². The van der Waals surface area contributed by atoms with E-state index in [0.29, 0.717) is 0 Å². The molecule has 1 aromatic rings. The van der Waals surface area contributed by atoms with Crippen LogP contribution in [0.15, 0.2) is 24.8 Å². The van der Waals surface area contributed by atoms with Crippen LogP contribution >= 0.6 is 0 Å². The Kier molecular flexibility index (Phi) is 3.52. The topological polar surface area (TPSA) is 17.1 Å². The van der Waals surface area contributed by atoms with Crippen LogP contribution < -0.4 is 0 Å². The second-order valence-corrected chi connectivity index (χ2v) is 3.25. The molecule has 1 nitrogen and oxygen atoms in total. The molecule has 0 spiro atoms. The Balaban J connectivity index is 3.50. The van der Waals surface area contributed by atoms with Crippen molar-refractivity contribution in [2.75, 3.05) is 0 Å². The minimum Gasteiger partial charge on any atom is -0.294 e. The van der Waals surface area contributed by atoms with Gasteiger partial charge in [0, 0.05) is 12.0 Å². The normalized spacial score (nSPS) is 11.2. The first-order valence-electron chi connectivity index (χ1n) is 4.77. The molecule has 0 unspecified atom stereocenters. The molecule has 0 heterocycles. The number of halogens is 3. The second kappa shape index (κ2) is 4.51. The zero-order valence-electron chi connectivity index (χ0n) is 8.77. The van der Waals surface area contributed by atoms with Crippen molar-refractivity contribution in [1.82, 2.24) is 0 Å². The maximum Gasteiger partial charge on any atom is 0.417 e. The number of alkyl halides is 3. The highest BCUT2D eigenvalue weighted by Gasteiger charge is 2.35. The summed E-state index contributed by atoms with van der Waals surface area (Å²) in [5.41, 5.74) is -0.953. The Morgan fingerprint density at radius 2 is 2.06 bits per heavy atom. The second-order valence-electron chi connectivity index (χ2n) is 3.25. The average molecular weight is 228 g/mol. The molecular formula is C12H11F3O. The molecule has 0 amide bonds. The highest BCUT2D eigenvalue weighted by Crippen LogP contribution is 2.34. The Morgan fingerprint density at radius 3 is 2.50 bits per heavy atom. The number of ketones is 1. The van der Waals surface area contributed by atoms with E-state index in [1.807, 2.05) is 0 Å². The van der Waals surface area contributed by atoms with Crippen LogP contribution in [0.2, 0.25) is 0 Å². The summed E-state index contributed by atoms with van der Waals surface area (Å²) in [6, 6.07) is 3.63. The van der Waals surface area contributed by atoms with Crippen molar-refractivity contribution in [3.63, 3.8) is 0 Å². The van der Waals surface area contributed by atoms with Crippen LogP contribution in [0.25, 0.3) is 6.08 Å². The van der Waals surface area contributed by atoms with Crippen molar-refractivity contribution in [2.24, 2.45) is 0 Å². The van der Waals surface area contributed by atoms with Gasteiger partial charge in [-0.25, -0.2) is 0 Å². The number of hydrogen-bond acceptors (Lipinski definition) is 1. The molecule has 1 rings (SSSR count). The summed E-state index contributed by atoms with van der Waals surface area (Å²) in [5, 5.41) is 0. The van der Waals surface area contributed by atoms with Crippen molar-refractivity contribution in [3.8, 4) is 0 Å². The van der Waals surface area contributed by atoms with Crippen molar-refractivity contribution >= 4 is 11.9 Å². The molecule has 0 bridgehead atoms. The molecule has 0 aliphatic heterocycles. The summed E-state index contributed by atoms with van der Waals surface area (Å²) < 4.78 is 38.0. The van der Waals surface area contributed by atoms with Crippen LogP contribution in [-0.4, -0.2) is 5.78 Å². The molecular weight excluding hydrogens is 217 g/mol. The number of carbonyl (C=O) groups is 1. The van der Waals surface area contributed by atoms with Crippen LogP contribution in [0.5, 0.6) is 0 Å². The van der Waals surface area contributed by atoms with E-state index in [9.17, 15) is 18.0 Å². The number of benzene rings is 1. The van der Waals surface area contributed by atoms with E-state index in [1.165, 1.54) is 25.1 Å². The fourth-order valence-corrected chi connectivity index (χ4v) is 1.46. The molecule has 0 aliphatic rings. The molecule has 0 N–H and O–H groups in total. The summed E-state index contributed by atoms with van der Waals surface area (Å²) in [5.74, 6) is -0.525. The maximum atomic E-state index is 12.7. The Hall–Kier alpha value is -1.58. The molecule has 0 aliphatic carbocycles. The lowest BCUT2D eigenvalue weighted by molar-refractivity contribution is -0.137. The monoisotopic (exact) mass is 228 g/mol. The summed E-state index contributed by atoms with van der Waals surface area (Å²) >= 11 is 0. The van der Waals surface area contributed by atoms with Gasteiger partial charge in [-0.15, -0.1) is 0 Å². The van der Waals surface area contributed by atoms with Gasteiger partial charge in [0.25, 0.3) is 0 Å². The third kappa shape index (κ3) is 2.32. The van der Waals surface area contributed by atoms with E-state index in [-0.39, 0.29) is 17.5 Å². The van der Waals surface area contributed by atoms with Crippen LogP contribution in [0.3, 0.4) is 0 Å². The Morgan fingerprint density at radius 1 is 1.44 bits per heavy atom. The van der Waals surface area contributed by atoms with E-state index in [2.05, 4.69) is 6.58 Å². The summed E-state index contributed by atoms with van der Waals surface area (Å²) in [6.45, 7) is 4.94. The van der Waals surface area contributed by atoms with Crippen molar-refractivity contribution in [2.45, 2.75) is 19.5 Å². The van der Waals surface area contributed by atoms with Crippen molar-refractivity contribution in [3.05, 3.63) is 41.5 Å². The van der Waals surface area contributed by atoms with Crippen molar-refractivity contribution < 1.29 is 18.0 Å². The lowest BCUT2D eigenvalue weighted by Crippen LogP contribution is -2.14. The standard InChI is InChI=1S/C12H11F3O/c1-3-8-6-5-7-9(12(13,14)15)11(8)10(16)4-2/h3,5-7H,1,4H2,2H3. The minimum absolute atomic E-state index is 0.0356. The maximum absolute atomic E-state index is 12.7. The smallest absolute Gasteiger partial charge is 0.294 e. The first kappa shape index (κ1) is 12.5. The molecule has 0 aromatic heterocycles. The molecule has 0 saturated heterocycles. The largest absolute Gasteiger partial charge is 0.417 e. The fourth-order valence-electron chi connectivity index (χ4n) is 1.46. The highest BCUT2D eigenvalue weighted by atomic mass is 19.4. The lowest BCUT2D eigenvalue weighted by Gasteiger charge is -2.13. The van der Waals surface area contributed by atoms with Gasteiger partial charge in [-0.3, -0.25) is 4.79 Å². The first-order chi connectivity index (χ1) is 7.41. The van der Waals surface area contributed by atoms with E-state index >= 15 is 0 Å². The quantitative estimate of drug-likeness (QED) is 0.716. The fraction of sp³-hybridized carbons (Fsp3) is 0.250. The molecule has 0 fully saturated rings. The molecule has 0 atom stereocenters. The molecule has 1 aromatic carbocycles. The van der Waals surface area contributed by atoms with Crippen LogP contribution in [-0.2, 0) is 6.18 Å². The van der Waals surface area contributed by atoms with E-state index in [4.69, 9.17) is 0 Å². The predicted octanol–water partition coefficient (Wildman–Crippen LogP) is 3.94. The van der Waals surface area contributed by atoms with E-state index in [0.717, 1.165) is 6.07 Å². The summed E-state index contributed by atoms with van der Waals surface area (Å²) in [4.78, 5) is 11.5. The number of rotatable bonds is 3. The molecule has 4 heteroatoms. The van der Waals surface area contributed by atoms with Gasteiger partial charge in [0.05, 0.1) is 5.56 Å². The molecule has 0 radical (unpaired) electrons. The summed E-state index contributed by atoms with van der Waals surface area (Å²) in [7, 11) is 0. The van der Waals surface area contributed by atoms with Gasteiger partial charge in [-0.2, -0.15) is 13.2 Å². The average Bonchev–Trinajstić information content (AvgIpc) is 2.25. The third-order valence-electron chi connectivity index (χ3n) is 2.22. The van der Waals surface area contributed by atoms with Crippen molar-refractivity contribution in [1.29, 1.82) is 0 Å². The molecule has 16 heavy (non-hydrogen) atoms. The number of Topliss-reactive ketones (excluding diaryl/α,β-unsaturated/α-hetero) is 1. The number of carbonyl (C=O) groups excluding carboxylic acids is 1. The van der Waals surface area contributed by atoms with Gasteiger partial charge < -0.3 is 0 Å². The Bertz CT molecular complexity index is 419. The van der Waals surface area contributed by atoms with Crippen LogP contribution in [0.1, 0.15) is 34.8 Å². The molecule has 0 saturated carbocycles. The highest BCUT2D eigenvalue weighted by molar-refractivity contribution is 6.00. The first-order valence-corrected chi connectivity index (χ1v) is 4.77. The van der Waals surface area contributed by atoms with Gasteiger partial charge in [-0.05, 0) is 11.6 Å². The zero-order valence-corrected chi connectivity index (χ0v) is 8.77. The third-order valence-corrected chi connectivity index (χ3v) is 2.22. The SMILES string of the molecule is C=Cc1cccc(C(F)(F)F)c1C(=O)CC. The van der Waals surface area contributed by atoms with E-state index in [1.54, 1.807) is 0 Å². The van der Waals surface area contributed by atoms with E-state index < -0.39 is 17.5 Å². The van der Waals surface area contributed by atoms with Gasteiger partial charge in [-0.1, -0.05) is 31.7 Å². The van der Waals surface area contributed by atoms with Crippen LogP contribution in [0, 0.1) is 0 Å². The van der Waals surface area contributed by atoms with Crippen LogP contribution in [0.4, 0.5) is 13.2 Å².